The van der Waals surface area contributed by atoms with E-state index in [9.17, 15) is 8.78 Å². The molecule has 0 atom stereocenters. The van der Waals surface area contributed by atoms with Crippen molar-refractivity contribution < 1.29 is 8.78 Å². The molecule has 0 radical (unpaired) electrons. The van der Waals surface area contributed by atoms with Gasteiger partial charge in [-0.3, -0.25) is 0 Å². The lowest BCUT2D eigenvalue weighted by Gasteiger charge is -1.94. The van der Waals surface area contributed by atoms with Crippen LogP contribution in [-0.2, 0) is 6.67 Å². The predicted molar refractivity (Wildman–Crippen MR) is 41.7 cm³/mol. The van der Waals surface area contributed by atoms with E-state index >= 15 is 0 Å². The molecule has 0 spiro atoms. The van der Waals surface area contributed by atoms with Crippen molar-refractivity contribution in [3.63, 3.8) is 0 Å². The minimum Gasteiger partial charge on any atom is -0.246 e. The second-order valence-corrected chi connectivity index (χ2v) is 2.82. The average Bonchev–Trinajstić information content (AvgIpc) is 1.88. The molecule has 0 amide bonds. The van der Waals surface area contributed by atoms with E-state index in [0.717, 1.165) is 0 Å². The van der Waals surface area contributed by atoms with Crippen LogP contribution in [0.4, 0.5) is 8.78 Å². The number of rotatable bonds is 1. The first-order valence-electron chi connectivity index (χ1n) is 2.61. The van der Waals surface area contributed by atoms with Gasteiger partial charge in [0.05, 0.1) is 0 Å². The Balaban J connectivity index is 3.07. The van der Waals surface area contributed by atoms with Crippen LogP contribution >= 0.6 is 22.6 Å². The van der Waals surface area contributed by atoms with Crippen LogP contribution in [0, 0.1) is 9.65 Å². The number of hydrogen-bond donors (Lipinski definition) is 0. The van der Waals surface area contributed by atoms with Crippen LogP contribution < -0.4 is 0 Å². The summed E-state index contributed by atoms with van der Waals surface area (Å²) in [6, 6.07) is 2.96. The van der Waals surface area contributed by atoms with Crippen LogP contribution in [0.1, 0.15) is 5.56 Å². The van der Waals surface area contributed by atoms with Crippen molar-refractivity contribution in [1.29, 1.82) is 0 Å². The van der Waals surface area contributed by atoms with E-state index in [4.69, 9.17) is 0 Å². The molecule has 4 heteroatoms. The highest BCUT2D eigenvalue weighted by molar-refractivity contribution is 14.1. The highest BCUT2D eigenvalue weighted by Gasteiger charge is 2.01. The summed E-state index contributed by atoms with van der Waals surface area (Å²) in [6.45, 7) is -0.796. The quantitative estimate of drug-likeness (QED) is 0.554. The number of alkyl halides is 1. The maximum atomic E-state index is 12.5. The smallest absolute Gasteiger partial charge is 0.219 e. The molecule has 0 aromatic carbocycles. The normalized spacial score (nSPS) is 9.90. The summed E-state index contributed by atoms with van der Waals surface area (Å²) >= 11 is 1.86. The zero-order valence-electron chi connectivity index (χ0n) is 4.94. The first-order valence-corrected chi connectivity index (χ1v) is 3.69. The van der Waals surface area contributed by atoms with Gasteiger partial charge in [-0.15, -0.1) is 0 Å². The number of nitrogens with zero attached hydrogens (tertiary/aromatic N) is 1. The van der Waals surface area contributed by atoms with Crippen LogP contribution in [0.15, 0.2) is 12.1 Å². The average molecular weight is 255 g/mol. The molecule has 10 heavy (non-hydrogen) atoms. The van der Waals surface area contributed by atoms with Crippen LogP contribution in [-0.4, -0.2) is 4.98 Å². The molecular weight excluding hydrogens is 251 g/mol. The van der Waals surface area contributed by atoms with Crippen LogP contribution in [0.25, 0.3) is 0 Å². The second-order valence-electron chi connectivity index (χ2n) is 1.72. The fourth-order valence-electron chi connectivity index (χ4n) is 0.541. The first-order chi connectivity index (χ1) is 4.74. The topological polar surface area (TPSA) is 12.9 Å². The largest absolute Gasteiger partial charge is 0.246 e. The van der Waals surface area contributed by atoms with Gasteiger partial charge in [0.1, 0.15) is 10.4 Å². The molecule has 1 rings (SSSR count). The zero-order valence-corrected chi connectivity index (χ0v) is 7.10. The molecule has 0 unspecified atom stereocenters. The van der Waals surface area contributed by atoms with Crippen molar-refractivity contribution in [2.45, 2.75) is 6.67 Å². The van der Waals surface area contributed by atoms with E-state index in [1.165, 1.54) is 6.07 Å². The Bertz CT molecular complexity index is 239. The molecule has 0 aliphatic heterocycles. The highest BCUT2D eigenvalue weighted by atomic mass is 127. The molecule has 0 saturated carbocycles. The fourth-order valence-corrected chi connectivity index (χ4v) is 0.932. The van der Waals surface area contributed by atoms with Gasteiger partial charge < -0.3 is 0 Å². The first kappa shape index (κ1) is 7.84. The minimum atomic E-state index is -0.796. The Hall–Kier alpha value is -0.260. The van der Waals surface area contributed by atoms with Gasteiger partial charge in [0, 0.05) is 5.56 Å². The Morgan fingerprint density at radius 2 is 2.20 bits per heavy atom. The third kappa shape index (κ3) is 1.62. The molecular formula is C6H4F2IN. The predicted octanol–water partition coefficient (Wildman–Crippen LogP) is 2.29. The summed E-state index contributed by atoms with van der Waals surface area (Å²) in [5.74, 6) is -0.714. The SMILES string of the molecule is FCc1ccc(I)nc1F. The Morgan fingerprint density at radius 3 is 2.70 bits per heavy atom. The van der Waals surface area contributed by atoms with E-state index in [0.29, 0.717) is 3.70 Å². The van der Waals surface area contributed by atoms with E-state index in [1.807, 2.05) is 22.6 Å². The van der Waals surface area contributed by atoms with Gasteiger partial charge in [0.15, 0.2) is 0 Å². The molecule has 1 heterocycles. The maximum Gasteiger partial charge on any atom is 0.219 e. The van der Waals surface area contributed by atoms with E-state index < -0.39 is 12.6 Å². The van der Waals surface area contributed by atoms with Gasteiger partial charge in [0.2, 0.25) is 5.95 Å². The van der Waals surface area contributed by atoms with Crippen LogP contribution in [0.5, 0.6) is 0 Å². The summed E-state index contributed by atoms with van der Waals surface area (Å²) in [5, 5.41) is 0. The summed E-state index contributed by atoms with van der Waals surface area (Å²) in [6.07, 6.45) is 0. The molecule has 0 saturated heterocycles. The van der Waals surface area contributed by atoms with Crippen LogP contribution in [0.3, 0.4) is 0 Å². The van der Waals surface area contributed by atoms with Gasteiger partial charge >= 0.3 is 0 Å². The summed E-state index contributed by atoms with van der Waals surface area (Å²) < 4.78 is 24.9. The van der Waals surface area contributed by atoms with Gasteiger partial charge in [-0.05, 0) is 34.7 Å². The lowest BCUT2D eigenvalue weighted by molar-refractivity contribution is 0.454. The highest BCUT2D eigenvalue weighted by Crippen LogP contribution is 2.08. The van der Waals surface area contributed by atoms with Gasteiger partial charge in [-0.2, -0.15) is 4.39 Å². The Labute approximate surface area is 70.6 Å². The number of halogens is 3. The minimum absolute atomic E-state index is 0.0143. The lowest BCUT2D eigenvalue weighted by Crippen LogP contribution is -1.92. The number of pyridine rings is 1. The third-order valence-corrected chi connectivity index (χ3v) is 1.64. The summed E-state index contributed by atoms with van der Waals surface area (Å²) in [4.78, 5) is 3.42. The Kier molecular flexibility index (Phi) is 2.53. The molecule has 0 bridgehead atoms. The standard InChI is InChI=1S/C6H4F2IN/c7-3-4-1-2-5(9)10-6(4)8/h1-2H,3H2. The number of aromatic nitrogens is 1. The second kappa shape index (κ2) is 3.23. The Morgan fingerprint density at radius 1 is 1.50 bits per heavy atom. The van der Waals surface area contributed by atoms with Gasteiger partial charge in [-0.25, -0.2) is 9.37 Å². The fraction of sp³-hybridized carbons (Fsp3) is 0.167. The van der Waals surface area contributed by atoms with Gasteiger partial charge in [0.25, 0.3) is 0 Å². The molecule has 0 N–H and O–H groups in total. The molecule has 1 aromatic rings. The molecule has 0 aliphatic rings. The number of hydrogen-bond acceptors (Lipinski definition) is 1. The lowest BCUT2D eigenvalue weighted by atomic mass is 10.3. The van der Waals surface area contributed by atoms with Crippen molar-refractivity contribution >= 4 is 22.6 Å². The summed E-state index contributed by atoms with van der Waals surface area (Å²) in [7, 11) is 0. The third-order valence-electron chi connectivity index (χ3n) is 1.04. The molecule has 54 valence electrons. The molecule has 1 nitrogen and oxygen atoms in total. The maximum absolute atomic E-state index is 12.5. The van der Waals surface area contributed by atoms with E-state index in [1.54, 1.807) is 6.07 Å². The van der Waals surface area contributed by atoms with E-state index in [2.05, 4.69) is 4.98 Å². The molecule has 0 aliphatic carbocycles. The molecule has 0 fully saturated rings. The van der Waals surface area contributed by atoms with Crippen molar-refractivity contribution in [3.05, 3.63) is 27.3 Å². The van der Waals surface area contributed by atoms with Crippen molar-refractivity contribution in [3.8, 4) is 0 Å². The van der Waals surface area contributed by atoms with Crippen molar-refractivity contribution in [2.24, 2.45) is 0 Å². The monoisotopic (exact) mass is 255 g/mol. The van der Waals surface area contributed by atoms with E-state index in [-0.39, 0.29) is 5.56 Å². The van der Waals surface area contributed by atoms with Crippen molar-refractivity contribution in [1.82, 2.24) is 4.98 Å². The molecule has 1 aromatic heterocycles. The zero-order chi connectivity index (χ0) is 7.56. The summed E-state index contributed by atoms with van der Waals surface area (Å²) in [5.41, 5.74) is 0.0143. The van der Waals surface area contributed by atoms with Crippen LogP contribution in [0.2, 0.25) is 0 Å². The van der Waals surface area contributed by atoms with Gasteiger partial charge in [-0.1, -0.05) is 0 Å². The van der Waals surface area contributed by atoms with Crippen molar-refractivity contribution in [2.75, 3.05) is 0 Å².